The van der Waals surface area contributed by atoms with Crippen LogP contribution in [0.4, 0.5) is 0 Å². The molecule has 5 heteroatoms. The first kappa shape index (κ1) is 18.0. The van der Waals surface area contributed by atoms with E-state index in [1.807, 2.05) is 60.7 Å². The fourth-order valence-electron chi connectivity index (χ4n) is 3.16. The molecule has 0 bridgehead atoms. The predicted molar refractivity (Wildman–Crippen MR) is 99.6 cm³/mol. The van der Waals surface area contributed by atoms with Crippen molar-refractivity contribution in [2.24, 2.45) is 0 Å². The molecule has 1 atom stereocenters. The van der Waals surface area contributed by atoms with Gasteiger partial charge in [0, 0.05) is 13.1 Å². The van der Waals surface area contributed by atoms with Crippen molar-refractivity contribution in [3.8, 4) is 5.75 Å². The number of carbonyl (C=O) groups is 2. The van der Waals surface area contributed by atoms with Crippen LogP contribution in [0.3, 0.4) is 0 Å². The molecule has 136 valence electrons. The molecule has 0 spiro atoms. The van der Waals surface area contributed by atoms with Gasteiger partial charge in [-0.1, -0.05) is 48.5 Å². The Kier molecular flexibility index (Phi) is 6.25. The van der Waals surface area contributed by atoms with Crippen molar-refractivity contribution < 1.29 is 14.3 Å². The monoisotopic (exact) mass is 352 g/mol. The number of hydrogen-bond acceptors (Lipinski definition) is 3. The van der Waals surface area contributed by atoms with Crippen LogP contribution in [0.25, 0.3) is 0 Å². The number of benzene rings is 2. The summed E-state index contributed by atoms with van der Waals surface area (Å²) in [5.41, 5.74) is 1.05. The van der Waals surface area contributed by atoms with E-state index >= 15 is 0 Å². The highest BCUT2D eigenvalue weighted by molar-refractivity contribution is 5.88. The number of rotatable bonds is 7. The summed E-state index contributed by atoms with van der Waals surface area (Å²) in [5, 5.41) is 2.94. The van der Waals surface area contributed by atoms with E-state index in [1.165, 1.54) is 0 Å². The maximum absolute atomic E-state index is 12.5. The Balaban J connectivity index is 1.47. The van der Waals surface area contributed by atoms with Crippen molar-refractivity contribution in [3.05, 3.63) is 66.2 Å². The zero-order valence-corrected chi connectivity index (χ0v) is 14.8. The van der Waals surface area contributed by atoms with Crippen LogP contribution in [0, 0.1) is 0 Å². The lowest BCUT2D eigenvalue weighted by Gasteiger charge is -2.24. The molecule has 0 aromatic heterocycles. The van der Waals surface area contributed by atoms with E-state index in [-0.39, 0.29) is 24.3 Å². The van der Waals surface area contributed by atoms with Crippen molar-refractivity contribution in [2.75, 3.05) is 13.2 Å². The average molecular weight is 352 g/mol. The van der Waals surface area contributed by atoms with Gasteiger partial charge in [-0.05, 0) is 30.5 Å². The molecule has 1 saturated heterocycles. The van der Waals surface area contributed by atoms with E-state index in [0.717, 1.165) is 17.7 Å². The van der Waals surface area contributed by atoms with Crippen LogP contribution >= 0.6 is 0 Å². The Hall–Kier alpha value is -2.82. The molecular weight excluding hydrogens is 328 g/mol. The Morgan fingerprint density at radius 1 is 1.04 bits per heavy atom. The highest BCUT2D eigenvalue weighted by Crippen LogP contribution is 2.19. The summed E-state index contributed by atoms with van der Waals surface area (Å²) in [5.74, 6) is 0.640. The molecule has 2 aromatic rings. The van der Waals surface area contributed by atoms with Gasteiger partial charge in [0.15, 0.2) is 0 Å². The standard InChI is InChI=1S/C21H24N2O3/c24-20(13-15-26-18-10-5-2-6-11-18)23-14-7-12-19(23)21(25)22-16-17-8-3-1-4-9-17/h1-6,8-11,19H,7,12-16H2,(H,22,25)/t19-/m0/s1. The zero-order chi connectivity index (χ0) is 18.2. The minimum Gasteiger partial charge on any atom is -0.493 e. The summed E-state index contributed by atoms with van der Waals surface area (Å²) in [7, 11) is 0. The molecule has 0 radical (unpaired) electrons. The number of carbonyl (C=O) groups excluding carboxylic acids is 2. The lowest BCUT2D eigenvalue weighted by Crippen LogP contribution is -2.46. The fraction of sp³-hybridized carbons (Fsp3) is 0.333. The Labute approximate surface area is 154 Å². The first-order valence-electron chi connectivity index (χ1n) is 9.03. The third-order valence-corrected chi connectivity index (χ3v) is 4.51. The third-order valence-electron chi connectivity index (χ3n) is 4.51. The van der Waals surface area contributed by atoms with Crippen LogP contribution in [0.15, 0.2) is 60.7 Å². The number of ether oxygens (including phenoxy) is 1. The predicted octanol–water partition coefficient (Wildman–Crippen LogP) is 2.76. The molecule has 1 aliphatic rings. The third kappa shape index (κ3) is 4.85. The van der Waals surface area contributed by atoms with E-state index in [9.17, 15) is 9.59 Å². The average Bonchev–Trinajstić information content (AvgIpc) is 3.18. The van der Waals surface area contributed by atoms with Crippen LogP contribution < -0.4 is 10.1 Å². The smallest absolute Gasteiger partial charge is 0.243 e. The van der Waals surface area contributed by atoms with E-state index < -0.39 is 0 Å². The molecule has 1 heterocycles. The summed E-state index contributed by atoms with van der Waals surface area (Å²) >= 11 is 0. The second kappa shape index (κ2) is 9.04. The summed E-state index contributed by atoms with van der Waals surface area (Å²) in [6.45, 7) is 1.43. The molecule has 26 heavy (non-hydrogen) atoms. The molecule has 0 saturated carbocycles. The number of para-hydroxylation sites is 1. The summed E-state index contributed by atoms with van der Waals surface area (Å²) in [6.07, 6.45) is 1.85. The van der Waals surface area contributed by atoms with Crippen molar-refractivity contribution in [1.82, 2.24) is 10.2 Å². The van der Waals surface area contributed by atoms with E-state index in [0.29, 0.717) is 26.1 Å². The maximum Gasteiger partial charge on any atom is 0.243 e. The lowest BCUT2D eigenvalue weighted by molar-refractivity contribution is -0.138. The molecule has 0 aliphatic carbocycles. The molecule has 2 amide bonds. The van der Waals surface area contributed by atoms with E-state index in [1.54, 1.807) is 4.90 Å². The molecule has 1 fully saturated rings. The van der Waals surface area contributed by atoms with Gasteiger partial charge >= 0.3 is 0 Å². The van der Waals surface area contributed by atoms with E-state index in [4.69, 9.17) is 4.74 Å². The SMILES string of the molecule is O=C(NCc1ccccc1)[C@@H]1CCCN1C(=O)CCOc1ccccc1. The van der Waals surface area contributed by atoms with Crippen LogP contribution in [-0.2, 0) is 16.1 Å². The molecule has 1 N–H and O–H groups in total. The largest absolute Gasteiger partial charge is 0.493 e. The van der Waals surface area contributed by atoms with Crippen molar-refractivity contribution >= 4 is 11.8 Å². The van der Waals surface area contributed by atoms with Gasteiger partial charge in [-0.15, -0.1) is 0 Å². The van der Waals surface area contributed by atoms with Crippen molar-refractivity contribution in [2.45, 2.75) is 31.8 Å². The minimum atomic E-state index is -0.372. The number of nitrogens with zero attached hydrogens (tertiary/aromatic N) is 1. The van der Waals surface area contributed by atoms with Gasteiger partial charge in [0.1, 0.15) is 11.8 Å². The number of hydrogen-bond donors (Lipinski definition) is 1. The Bertz CT molecular complexity index is 719. The quantitative estimate of drug-likeness (QED) is 0.834. The summed E-state index contributed by atoms with van der Waals surface area (Å²) < 4.78 is 5.59. The zero-order valence-electron chi connectivity index (χ0n) is 14.8. The van der Waals surface area contributed by atoms with E-state index in [2.05, 4.69) is 5.32 Å². The highest BCUT2D eigenvalue weighted by Gasteiger charge is 2.33. The van der Waals surface area contributed by atoms with Gasteiger partial charge in [-0.2, -0.15) is 0 Å². The first-order valence-corrected chi connectivity index (χ1v) is 9.03. The first-order chi connectivity index (χ1) is 12.7. The molecule has 5 nitrogen and oxygen atoms in total. The number of amides is 2. The molecule has 0 unspecified atom stereocenters. The highest BCUT2D eigenvalue weighted by atomic mass is 16.5. The van der Waals surface area contributed by atoms with Gasteiger partial charge in [0.2, 0.25) is 11.8 Å². The van der Waals surface area contributed by atoms with Gasteiger partial charge in [0.25, 0.3) is 0 Å². The molecule has 2 aromatic carbocycles. The fourth-order valence-corrected chi connectivity index (χ4v) is 3.16. The number of nitrogens with one attached hydrogen (secondary N) is 1. The number of likely N-dealkylation sites (tertiary alicyclic amines) is 1. The topological polar surface area (TPSA) is 58.6 Å². The van der Waals surface area contributed by atoms with Crippen LogP contribution in [0.2, 0.25) is 0 Å². The van der Waals surface area contributed by atoms with Crippen molar-refractivity contribution in [1.29, 1.82) is 0 Å². The van der Waals surface area contributed by atoms with Crippen molar-refractivity contribution in [3.63, 3.8) is 0 Å². The van der Waals surface area contributed by atoms with Crippen LogP contribution in [0.1, 0.15) is 24.8 Å². The second-order valence-electron chi connectivity index (χ2n) is 6.36. The lowest BCUT2D eigenvalue weighted by atomic mass is 10.2. The summed E-state index contributed by atoms with van der Waals surface area (Å²) in [6, 6.07) is 18.8. The van der Waals surface area contributed by atoms with Crippen LogP contribution in [-0.4, -0.2) is 35.9 Å². The maximum atomic E-state index is 12.5. The van der Waals surface area contributed by atoms with Gasteiger partial charge in [-0.3, -0.25) is 9.59 Å². The van der Waals surface area contributed by atoms with Gasteiger partial charge in [-0.25, -0.2) is 0 Å². The normalized spacial score (nSPS) is 16.3. The molecular formula is C21H24N2O3. The Morgan fingerprint density at radius 2 is 1.73 bits per heavy atom. The summed E-state index contributed by atoms with van der Waals surface area (Å²) in [4.78, 5) is 26.7. The Morgan fingerprint density at radius 3 is 2.46 bits per heavy atom. The molecule has 3 rings (SSSR count). The molecule has 1 aliphatic heterocycles. The van der Waals surface area contributed by atoms with Gasteiger partial charge in [0.05, 0.1) is 13.0 Å². The second-order valence-corrected chi connectivity index (χ2v) is 6.36. The minimum absolute atomic E-state index is 0.0294. The van der Waals surface area contributed by atoms with Crippen LogP contribution in [0.5, 0.6) is 5.75 Å². The van der Waals surface area contributed by atoms with Gasteiger partial charge < -0.3 is 15.0 Å².